The summed E-state index contributed by atoms with van der Waals surface area (Å²) in [4.78, 5) is 2.68. The van der Waals surface area contributed by atoms with Crippen LogP contribution in [0.2, 0.25) is 0 Å². The lowest BCUT2D eigenvalue weighted by molar-refractivity contribution is 0.333. The third-order valence-corrected chi connectivity index (χ3v) is 2.22. The van der Waals surface area contributed by atoms with Crippen molar-refractivity contribution in [2.45, 2.75) is 18.3 Å². The summed E-state index contributed by atoms with van der Waals surface area (Å²) in [7, 11) is 2.06. The summed E-state index contributed by atoms with van der Waals surface area (Å²) in [5, 5.41) is 0. The van der Waals surface area contributed by atoms with Crippen LogP contribution in [0.1, 0.15) is 12.5 Å². The first kappa shape index (κ1) is 11.7. The van der Waals surface area contributed by atoms with E-state index in [-0.39, 0.29) is 5.82 Å². The molecule has 1 aromatic carbocycles. The lowest BCUT2D eigenvalue weighted by Crippen LogP contribution is -2.23. The number of rotatable bonds is 4. The Labute approximate surface area is 93.0 Å². The highest BCUT2D eigenvalue weighted by molar-refractivity contribution is 9.09. The fourth-order valence-electron chi connectivity index (χ4n) is 1.40. The van der Waals surface area contributed by atoms with E-state index in [1.165, 1.54) is 12.1 Å². The SMILES string of the molecule is CC(Br)CN(C)Cc1ccc(F)cc1. The van der Waals surface area contributed by atoms with E-state index in [0.29, 0.717) is 4.83 Å². The highest BCUT2D eigenvalue weighted by Crippen LogP contribution is 2.07. The van der Waals surface area contributed by atoms with Gasteiger partial charge in [0.1, 0.15) is 5.82 Å². The molecule has 14 heavy (non-hydrogen) atoms. The van der Waals surface area contributed by atoms with Crippen LogP contribution in [0.15, 0.2) is 24.3 Å². The minimum atomic E-state index is -0.176. The minimum Gasteiger partial charge on any atom is -0.301 e. The summed E-state index contributed by atoms with van der Waals surface area (Å²) >= 11 is 3.50. The van der Waals surface area contributed by atoms with Gasteiger partial charge in [0.15, 0.2) is 0 Å². The normalized spacial score (nSPS) is 13.2. The van der Waals surface area contributed by atoms with Crippen LogP contribution in [-0.4, -0.2) is 23.3 Å². The molecule has 0 aliphatic rings. The molecule has 0 fully saturated rings. The molecule has 0 radical (unpaired) electrons. The summed E-state index contributed by atoms with van der Waals surface area (Å²) in [6.45, 7) is 3.95. The fourth-order valence-corrected chi connectivity index (χ4v) is 1.89. The number of nitrogens with zero attached hydrogens (tertiary/aromatic N) is 1. The molecule has 1 unspecified atom stereocenters. The van der Waals surface area contributed by atoms with E-state index in [0.717, 1.165) is 18.7 Å². The third kappa shape index (κ3) is 4.20. The van der Waals surface area contributed by atoms with Crippen molar-refractivity contribution in [1.29, 1.82) is 0 Å². The molecule has 0 aliphatic heterocycles. The van der Waals surface area contributed by atoms with Gasteiger partial charge < -0.3 is 4.90 Å². The van der Waals surface area contributed by atoms with E-state index in [4.69, 9.17) is 0 Å². The van der Waals surface area contributed by atoms with Crippen molar-refractivity contribution in [2.24, 2.45) is 0 Å². The molecule has 0 bridgehead atoms. The molecule has 0 aromatic heterocycles. The molecule has 0 saturated carbocycles. The largest absolute Gasteiger partial charge is 0.301 e. The number of halogens is 2. The number of benzene rings is 1. The molecular formula is C11H15BrFN. The number of alkyl halides is 1. The maximum atomic E-state index is 12.6. The van der Waals surface area contributed by atoms with Gasteiger partial charge in [-0.3, -0.25) is 0 Å². The molecule has 1 nitrogen and oxygen atoms in total. The monoisotopic (exact) mass is 259 g/mol. The molecule has 0 spiro atoms. The second-order valence-corrected chi connectivity index (χ2v) is 5.17. The molecule has 1 aromatic rings. The van der Waals surface area contributed by atoms with Gasteiger partial charge in [-0.2, -0.15) is 0 Å². The van der Waals surface area contributed by atoms with Crippen molar-refractivity contribution in [3.05, 3.63) is 35.6 Å². The van der Waals surface area contributed by atoms with Gasteiger partial charge in [-0.05, 0) is 24.7 Å². The smallest absolute Gasteiger partial charge is 0.123 e. The van der Waals surface area contributed by atoms with Gasteiger partial charge in [0.2, 0.25) is 0 Å². The van der Waals surface area contributed by atoms with Crippen LogP contribution >= 0.6 is 15.9 Å². The number of hydrogen-bond donors (Lipinski definition) is 0. The topological polar surface area (TPSA) is 3.24 Å². The van der Waals surface area contributed by atoms with Crippen LogP contribution in [0.5, 0.6) is 0 Å². The summed E-state index contributed by atoms with van der Waals surface area (Å²) in [6, 6.07) is 6.65. The summed E-state index contributed by atoms with van der Waals surface area (Å²) in [5.41, 5.74) is 1.14. The molecule has 1 rings (SSSR count). The average Bonchev–Trinajstić information content (AvgIpc) is 2.07. The van der Waals surface area contributed by atoms with Crippen LogP contribution in [0.4, 0.5) is 4.39 Å². The van der Waals surface area contributed by atoms with E-state index in [1.54, 1.807) is 0 Å². The Bertz CT molecular complexity index is 271. The zero-order chi connectivity index (χ0) is 10.6. The average molecular weight is 260 g/mol. The molecule has 3 heteroatoms. The van der Waals surface area contributed by atoms with E-state index in [1.807, 2.05) is 12.1 Å². The van der Waals surface area contributed by atoms with Crippen molar-refractivity contribution in [3.63, 3.8) is 0 Å². The molecule has 1 atom stereocenters. The molecule has 0 aliphatic carbocycles. The Morgan fingerprint density at radius 3 is 2.43 bits per heavy atom. The Kier molecular flexibility index (Phi) is 4.55. The van der Waals surface area contributed by atoms with Crippen LogP contribution in [-0.2, 0) is 6.54 Å². The first-order valence-corrected chi connectivity index (χ1v) is 5.56. The maximum absolute atomic E-state index is 12.6. The molecular weight excluding hydrogens is 245 g/mol. The second kappa shape index (κ2) is 5.47. The van der Waals surface area contributed by atoms with Crippen molar-refractivity contribution < 1.29 is 4.39 Å². The van der Waals surface area contributed by atoms with Crippen molar-refractivity contribution in [1.82, 2.24) is 4.90 Å². The summed E-state index contributed by atoms with van der Waals surface area (Å²) < 4.78 is 12.6. The van der Waals surface area contributed by atoms with Crippen LogP contribution in [0.3, 0.4) is 0 Å². The van der Waals surface area contributed by atoms with Crippen LogP contribution in [0.25, 0.3) is 0 Å². The zero-order valence-electron chi connectivity index (χ0n) is 8.50. The lowest BCUT2D eigenvalue weighted by Gasteiger charge is -2.17. The first-order chi connectivity index (χ1) is 6.58. The zero-order valence-corrected chi connectivity index (χ0v) is 10.1. The van der Waals surface area contributed by atoms with Crippen LogP contribution in [0, 0.1) is 5.82 Å². The van der Waals surface area contributed by atoms with Crippen molar-refractivity contribution in [2.75, 3.05) is 13.6 Å². The fraction of sp³-hybridized carbons (Fsp3) is 0.455. The van der Waals surface area contributed by atoms with Gasteiger partial charge in [0.25, 0.3) is 0 Å². The summed E-state index contributed by atoms with van der Waals surface area (Å²) in [6.07, 6.45) is 0. The Morgan fingerprint density at radius 1 is 1.36 bits per heavy atom. The van der Waals surface area contributed by atoms with Crippen LogP contribution < -0.4 is 0 Å². The highest BCUT2D eigenvalue weighted by Gasteiger charge is 2.03. The Morgan fingerprint density at radius 2 is 1.93 bits per heavy atom. The summed E-state index contributed by atoms with van der Waals surface area (Å²) in [5.74, 6) is -0.176. The quantitative estimate of drug-likeness (QED) is 0.752. The van der Waals surface area contributed by atoms with Crippen molar-refractivity contribution >= 4 is 15.9 Å². The van der Waals surface area contributed by atoms with E-state index in [2.05, 4.69) is 34.8 Å². The third-order valence-electron chi connectivity index (χ3n) is 1.93. The van der Waals surface area contributed by atoms with E-state index >= 15 is 0 Å². The van der Waals surface area contributed by atoms with Gasteiger partial charge in [0.05, 0.1) is 0 Å². The predicted molar refractivity (Wildman–Crippen MR) is 61.1 cm³/mol. The van der Waals surface area contributed by atoms with Gasteiger partial charge in [0, 0.05) is 17.9 Å². The number of hydrogen-bond acceptors (Lipinski definition) is 1. The molecule has 78 valence electrons. The molecule has 0 N–H and O–H groups in total. The van der Waals surface area contributed by atoms with E-state index < -0.39 is 0 Å². The molecule has 0 amide bonds. The van der Waals surface area contributed by atoms with Gasteiger partial charge in [-0.1, -0.05) is 35.0 Å². The second-order valence-electron chi connectivity index (χ2n) is 3.60. The molecule has 0 heterocycles. The minimum absolute atomic E-state index is 0.176. The lowest BCUT2D eigenvalue weighted by atomic mass is 10.2. The van der Waals surface area contributed by atoms with E-state index in [9.17, 15) is 4.39 Å². The predicted octanol–water partition coefficient (Wildman–Crippen LogP) is 3.04. The van der Waals surface area contributed by atoms with Crippen molar-refractivity contribution in [3.8, 4) is 0 Å². The van der Waals surface area contributed by atoms with Gasteiger partial charge >= 0.3 is 0 Å². The maximum Gasteiger partial charge on any atom is 0.123 e. The molecule has 0 saturated heterocycles. The van der Waals surface area contributed by atoms with Gasteiger partial charge in [-0.25, -0.2) is 4.39 Å². The highest BCUT2D eigenvalue weighted by atomic mass is 79.9. The Hall–Kier alpha value is -0.410. The standard InChI is InChI=1S/C11H15BrFN/c1-9(12)7-14(2)8-10-3-5-11(13)6-4-10/h3-6,9H,7-8H2,1-2H3. The van der Waals surface area contributed by atoms with Gasteiger partial charge in [-0.15, -0.1) is 0 Å². The Balaban J connectivity index is 2.47. The first-order valence-electron chi connectivity index (χ1n) is 4.65.